The van der Waals surface area contributed by atoms with Gasteiger partial charge in [0.2, 0.25) is 5.25 Å². The molecule has 0 fully saturated rings. The Morgan fingerprint density at radius 1 is 1.14 bits per heavy atom. The van der Waals surface area contributed by atoms with Gasteiger partial charge in [0.05, 0.1) is 13.7 Å². The zero-order valence-electron chi connectivity index (χ0n) is 16.6. The van der Waals surface area contributed by atoms with E-state index < -0.39 is 21.3 Å². The molecule has 1 atom stereocenters. The Labute approximate surface area is 186 Å². The Morgan fingerprint density at radius 2 is 1.82 bits per heavy atom. The fourth-order valence-corrected chi connectivity index (χ4v) is 3.71. The van der Waals surface area contributed by atoms with Crippen LogP contribution >= 0.6 is 0 Å². The molecule has 1 aromatic heterocycles. The van der Waals surface area contributed by atoms with Gasteiger partial charge in [0, 0.05) is 11.7 Å². The van der Waals surface area contributed by atoms with Crippen molar-refractivity contribution in [2.45, 2.75) is 11.8 Å². The molecule has 3 aromatic rings. The molecule has 0 aliphatic rings. The van der Waals surface area contributed by atoms with Crippen molar-refractivity contribution in [3.63, 3.8) is 0 Å². The third kappa shape index (κ3) is 5.15. The number of carbonyl (C=O) groups is 1. The van der Waals surface area contributed by atoms with Gasteiger partial charge >= 0.3 is 35.5 Å². The van der Waals surface area contributed by atoms with Crippen molar-refractivity contribution in [1.29, 1.82) is 0 Å². The minimum Gasteiger partial charge on any atom is -1.00 e. The largest absolute Gasteiger partial charge is 1.00 e. The van der Waals surface area contributed by atoms with Crippen molar-refractivity contribution in [3.8, 4) is 5.75 Å². The summed E-state index contributed by atoms with van der Waals surface area (Å²) in [6.07, 6.45) is 1.99. The van der Waals surface area contributed by atoms with Crippen LogP contribution in [0.25, 0.3) is 10.9 Å². The molecule has 0 radical (unpaired) electrons. The number of hydrogen-bond donors (Lipinski definition) is 1. The predicted molar refractivity (Wildman–Crippen MR) is 101 cm³/mol. The topological polar surface area (TPSA) is 94.8 Å². The maximum Gasteiger partial charge on any atom is 1.00 e. The molecule has 2 aromatic carbocycles. The zero-order chi connectivity index (χ0) is 19.4. The summed E-state index contributed by atoms with van der Waals surface area (Å²) in [6.45, 7) is 1.06. The first kappa shape index (κ1) is 22.4. The van der Waals surface area contributed by atoms with Crippen LogP contribution in [0.3, 0.4) is 0 Å². The monoisotopic (exact) mass is 413 g/mol. The van der Waals surface area contributed by atoms with E-state index in [9.17, 15) is 17.8 Å². The molecule has 0 amide bonds. The number of esters is 1. The molecule has 1 heterocycles. The summed E-state index contributed by atoms with van der Waals surface area (Å²) in [7, 11) is -3.57. The van der Waals surface area contributed by atoms with Crippen LogP contribution < -0.4 is 34.3 Å². The van der Waals surface area contributed by atoms with Gasteiger partial charge in [-0.2, -0.15) is 8.42 Å². The van der Waals surface area contributed by atoms with E-state index in [1.165, 1.54) is 12.1 Å². The standard InChI is InChI=1S/C19H19NO6S.Na.H/c1-25-19(21)18(27(22,23)24)15-6-8-16(9-7-15)26-13-12-20-11-10-14-4-2-3-5-17(14)20;;/h2-11,18H,12-13H2,1H3,(H,22,23,24);;/q;+1;-1. The Balaban J connectivity index is 0.00000210. The van der Waals surface area contributed by atoms with E-state index >= 15 is 0 Å². The SMILES string of the molecule is COC(=O)C(c1ccc(OCCn2ccc3ccccc32)cc1)S(=O)(=O)O.[H-].[Na+]. The predicted octanol–water partition coefficient (Wildman–Crippen LogP) is -0.0613. The average molecular weight is 413 g/mol. The number of methoxy groups -OCH3 is 1. The number of ether oxygens (including phenoxy) is 2. The molecule has 3 rings (SSSR count). The van der Waals surface area contributed by atoms with Crippen LogP contribution in [0.5, 0.6) is 5.75 Å². The van der Waals surface area contributed by atoms with Gasteiger partial charge in [-0.15, -0.1) is 0 Å². The number of nitrogens with zero attached hydrogens (tertiary/aromatic N) is 1. The third-order valence-corrected chi connectivity index (χ3v) is 5.24. The molecule has 144 valence electrons. The van der Waals surface area contributed by atoms with Gasteiger partial charge in [0.25, 0.3) is 10.1 Å². The average Bonchev–Trinajstić information content (AvgIpc) is 3.05. The number of para-hydroxylation sites is 1. The fourth-order valence-electron chi connectivity index (χ4n) is 2.87. The van der Waals surface area contributed by atoms with Crippen molar-refractivity contribution < 1.29 is 58.2 Å². The molecule has 28 heavy (non-hydrogen) atoms. The molecular weight excluding hydrogens is 393 g/mol. The van der Waals surface area contributed by atoms with Gasteiger partial charge in [-0.3, -0.25) is 9.35 Å². The summed E-state index contributed by atoms with van der Waals surface area (Å²) in [4.78, 5) is 11.7. The Morgan fingerprint density at radius 3 is 2.46 bits per heavy atom. The summed E-state index contributed by atoms with van der Waals surface area (Å²) in [5.74, 6) is -0.528. The number of aromatic nitrogens is 1. The molecule has 0 saturated heterocycles. The molecular formula is C19H20NNaO6S. The number of rotatable bonds is 7. The van der Waals surface area contributed by atoms with E-state index in [0.29, 0.717) is 18.9 Å². The molecule has 0 spiro atoms. The normalized spacial score (nSPS) is 12.2. The van der Waals surface area contributed by atoms with Crippen LogP contribution in [0.2, 0.25) is 0 Å². The third-order valence-electron chi connectivity index (χ3n) is 4.18. The Kier molecular flexibility index (Phi) is 7.68. The minimum absolute atomic E-state index is 0. The molecule has 9 heteroatoms. The zero-order valence-corrected chi connectivity index (χ0v) is 18.4. The number of hydrogen-bond acceptors (Lipinski definition) is 5. The van der Waals surface area contributed by atoms with Crippen LogP contribution in [-0.2, 0) is 26.2 Å². The Hall–Kier alpha value is -1.84. The van der Waals surface area contributed by atoms with Gasteiger partial charge in [-0.25, -0.2) is 0 Å². The first-order valence-electron chi connectivity index (χ1n) is 8.21. The number of fused-ring (bicyclic) bond motifs is 1. The number of benzene rings is 2. The van der Waals surface area contributed by atoms with E-state index in [2.05, 4.69) is 9.30 Å². The van der Waals surface area contributed by atoms with Crippen molar-refractivity contribution in [1.82, 2.24) is 4.57 Å². The minimum atomic E-state index is -4.63. The van der Waals surface area contributed by atoms with Crippen LogP contribution in [0.1, 0.15) is 12.2 Å². The smallest absolute Gasteiger partial charge is 1.00 e. The Bertz CT molecular complexity index is 1050. The summed E-state index contributed by atoms with van der Waals surface area (Å²) < 4.78 is 44.4. The first-order chi connectivity index (χ1) is 12.9. The molecule has 0 aliphatic heterocycles. The second kappa shape index (κ2) is 9.58. The molecule has 0 saturated carbocycles. The van der Waals surface area contributed by atoms with Gasteiger partial charge in [-0.05, 0) is 35.2 Å². The first-order valence-corrected chi connectivity index (χ1v) is 9.71. The van der Waals surface area contributed by atoms with Crippen molar-refractivity contribution in [2.75, 3.05) is 13.7 Å². The van der Waals surface area contributed by atoms with Gasteiger partial charge in [0.1, 0.15) is 12.4 Å². The molecule has 1 unspecified atom stereocenters. The molecule has 7 nitrogen and oxygen atoms in total. The van der Waals surface area contributed by atoms with E-state index in [4.69, 9.17) is 4.74 Å². The second-order valence-corrected chi connectivity index (χ2v) is 7.40. The maximum atomic E-state index is 11.7. The van der Waals surface area contributed by atoms with Crippen molar-refractivity contribution >= 4 is 27.0 Å². The number of carbonyl (C=O) groups excluding carboxylic acids is 1. The maximum absolute atomic E-state index is 11.7. The van der Waals surface area contributed by atoms with Crippen LogP contribution in [0.4, 0.5) is 0 Å². The summed E-state index contributed by atoms with van der Waals surface area (Å²) >= 11 is 0. The van der Waals surface area contributed by atoms with Crippen LogP contribution in [0.15, 0.2) is 60.8 Å². The van der Waals surface area contributed by atoms with Crippen LogP contribution in [-0.4, -0.2) is 37.2 Å². The van der Waals surface area contributed by atoms with Gasteiger partial charge < -0.3 is 15.5 Å². The van der Waals surface area contributed by atoms with Gasteiger partial charge in [-0.1, -0.05) is 30.3 Å². The quantitative estimate of drug-likeness (QED) is 0.331. The van der Waals surface area contributed by atoms with E-state index in [1.54, 1.807) is 12.1 Å². The fraction of sp³-hybridized carbons (Fsp3) is 0.211. The van der Waals surface area contributed by atoms with E-state index in [1.807, 2.05) is 36.5 Å². The van der Waals surface area contributed by atoms with Gasteiger partial charge in [0.15, 0.2) is 0 Å². The van der Waals surface area contributed by atoms with E-state index in [-0.39, 0.29) is 36.5 Å². The van der Waals surface area contributed by atoms with Crippen molar-refractivity contribution in [3.05, 3.63) is 66.4 Å². The molecule has 1 N–H and O–H groups in total. The van der Waals surface area contributed by atoms with Crippen LogP contribution in [0, 0.1) is 0 Å². The summed E-state index contributed by atoms with van der Waals surface area (Å²) in [6, 6.07) is 16.0. The summed E-state index contributed by atoms with van der Waals surface area (Å²) in [5, 5.41) is -0.622. The second-order valence-electron chi connectivity index (χ2n) is 5.90. The summed E-state index contributed by atoms with van der Waals surface area (Å²) in [5.41, 5.74) is 1.22. The molecule has 0 bridgehead atoms. The molecule has 0 aliphatic carbocycles. The van der Waals surface area contributed by atoms with E-state index in [0.717, 1.165) is 18.0 Å². The van der Waals surface area contributed by atoms with Crippen molar-refractivity contribution in [2.24, 2.45) is 0 Å².